The molecule has 1 aromatic rings. The van der Waals surface area contributed by atoms with Crippen molar-refractivity contribution in [3.8, 4) is 0 Å². The monoisotopic (exact) mass is 556 g/mol. The summed E-state index contributed by atoms with van der Waals surface area (Å²) < 4.78 is 239. The Morgan fingerprint density at radius 3 is 0.914 bits per heavy atom. The second-order valence-corrected chi connectivity index (χ2v) is 7.36. The van der Waals surface area contributed by atoms with Crippen molar-refractivity contribution in [3.05, 3.63) is 34.9 Å². The average Bonchev–Trinajstić information content (AvgIpc) is 2.64. The van der Waals surface area contributed by atoms with Gasteiger partial charge < -0.3 is 0 Å². The first-order valence-electron chi connectivity index (χ1n) is 8.59. The van der Waals surface area contributed by atoms with Crippen LogP contribution in [0.2, 0.25) is 0 Å². The fourth-order valence-electron chi connectivity index (χ4n) is 2.82. The Labute approximate surface area is 182 Å². The lowest BCUT2D eigenvalue weighted by Gasteiger charge is -2.37. The van der Waals surface area contributed by atoms with Gasteiger partial charge in [0.1, 0.15) is 0 Å². The molecule has 0 atom stereocenters. The Balaban J connectivity index is 4.04. The molecule has 0 unspecified atom stereocenters. The molecule has 1 aromatic carbocycles. The topological polar surface area (TPSA) is 0 Å². The van der Waals surface area contributed by atoms with E-state index in [1.807, 2.05) is 0 Å². The van der Waals surface area contributed by atoms with Gasteiger partial charge in [0, 0.05) is 11.1 Å². The van der Waals surface area contributed by atoms with Gasteiger partial charge in [0.2, 0.25) is 0 Å². The van der Waals surface area contributed by atoms with E-state index in [0.717, 1.165) is 0 Å². The van der Waals surface area contributed by atoms with E-state index in [0.29, 0.717) is 13.8 Å². The molecule has 0 aliphatic carbocycles. The SMILES string of the molecule is CC(C)c1c(C(F)(F)C(F)(F)C(F)(F)C(F)(F)F)cccc1C(F)(F)C(F)(F)C(F)(F)C(F)(F)F. The largest absolute Gasteiger partial charge is 0.460 e. The maximum Gasteiger partial charge on any atom is 0.460 e. The Kier molecular flexibility index (Phi) is 7.30. The van der Waals surface area contributed by atoms with Gasteiger partial charge in [-0.1, -0.05) is 32.0 Å². The summed E-state index contributed by atoms with van der Waals surface area (Å²) >= 11 is 0. The van der Waals surface area contributed by atoms with Crippen molar-refractivity contribution in [1.82, 2.24) is 0 Å². The summed E-state index contributed by atoms with van der Waals surface area (Å²) in [5.41, 5.74) is -8.03. The van der Waals surface area contributed by atoms with E-state index in [-0.39, 0.29) is 6.07 Å². The molecule has 0 radical (unpaired) electrons. The van der Waals surface area contributed by atoms with Crippen LogP contribution in [0.5, 0.6) is 0 Å². The van der Waals surface area contributed by atoms with Gasteiger partial charge in [0.25, 0.3) is 0 Å². The maximum atomic E-state index is 14.4. The first kappa shape index (κ1) is 31.0. The third kappa shape index (κ3) is 4.27. The van der Waals surface area contributed by atoms with Crippen molar-refractivity contribution in [1.29, 1.82) is 0 Å². The normalized spacial score (nSPS) is 15.7. The number of halogens is 18. The van der Waals surface area contributed by atoms with Crippen LogP contribution < -0.4 is 0 Å². The van der Waals surface area contributed by atoms with Crippen molar-refractivity contribution >= 4 is 0 Å². The third-order valence-electron chi connectivity index (χ3n) is 4.65. The molecule has 1 rings (SSSR count). The highest BCUT2D eigenvalue weighted by molar-refractivity contribution is 5.45. The lowest BCUT2D eigenvalue weighted by atomic mass is 9.82. The average molecular weight is 556 g/mol. The van der Waals surface area contributed by atoms with E-state index < -0.39 is 82.6 Å². The summed E-state index contributed by atoms with van der Waals surface area (Å²) in [6, 6.07) is -1.29. The van der Waals surface area contributed by atoms with Crippen LogP contribution in [0.15, 0.2) is 18.2 Å². The van der Waals surface area contributed by atoms with E-state index in [1.54, 1.807) is 0 Å². The molecule has 0 spiro atoms. The summed E-state index contributed by atoms with van der Waals surface area (Å²) in [7, 11) is 0. The maximum absolute atomic E-state index is 14.4. The highest BCUT2D eigenvalue weighted by Crippen LogP contribution is 2.60. The molecule has 0 bridgehead atoms. The lowest BCUT2D eigenvalue weighted by molar-refractivity contribution is -0.400. The van der Waals surface area contributed by atoms with E-state index in [4.69, 9.17) is 0 Å². The Hall–Kier alpha value is -2.04. The summed E-state index contributed by atoms with van der Waals surface area (Å²) in [5.74, 6) is -45.9. The predicted molar refractivity (Wildman–Crippen MR) is 80.2 cm³/mol. The van der Waals surface area contributed by atoms with Crippen LogP contribution in [0.4, 0.5) is 79.0 Å². The number of benzene rings is 1. The van der Waals surface area contributed by atoms with Crippen LogP contribution >= 0.6 is 0 Å². The number of hydrogen-bond donors (Lipinski definition) is 0. The zero-order valence-electron chi connectivity index (χ0n) is 16.6. The highest BCUT2D eigenvalue weighted by Gasteiger charge is 2.84. The van der Waals surface area contributed by atoms with Crippen LogP contribution in [0.1, 0.15) is 36.5 Å². The van der Waals surface area contributed by atoms with Crippen LogP contribution in [-0.4, -0.2) is 36.0 Å². The van der Waals surface area contributed by atoms with Gasteiger partial charge in [-0.2, -0.15) is 79.0 Å². The van der Waals surface area contributed by atoms with Crippen LogP contribution in [0.25, 0.3) is 0 Å². The number of hydrogen-bond acceptors (Lipinski definition) is 0. The Bertz CT molecular complexity index is 850. The van der Waals surface area contributed by atoms with E-state index >= 15 is 0 Å². The second-order valence-electron chi connectivity index (χ2n) is 7.36. The zero-order chi connectivity index (χ0) is 28.4. The molecule has 0 aromatic heterocycles. The van der Waals surface area contributed by atoms with Gasteiger partial charge >= 0.3 is 47.9 Å². The Morgan fingerprint density at radius 1 is 0.457 bits per heavy atom. The summed E-state index contributed by atoms with van der Waals surface area (Å²) in [4.78, 5) is 0. The fourth-order valence-corrected chi connectivity index (χ4v) is 2.82. The number of alkyl halides is 18. The second kappa shape index (κ2) is 8.24. The van der Waals surface area contributed by atoms with Crippen molar-refractivity contribution in [2.45, 2.75) is 67.7 Å². The zero-order valence-corrected chi connectivity index (χ0v) is 16.6. The van der Waals surface area contributed by atoms with Crippen molar-refractivity contribution in [2.24, 2.45) is 0 Å². The van der Waals surface area contributed by atoms with Crippen LogP contribution in [0.3, 0.4) is 0 Å². The molecule has 0 heterocycles. The van der Waals surface area contributed by atoms with Gasteiger partial charge in [0.15, 0.2) is 0 Å². The first-order valence-corrected chi connectivity index (χ1v) is 8.59. The van der Waals surface area contributed by atoms with Crippen molar-refractivity contribution < 1.29 is 79.0 Å². The smallest absolute Gasteiger partial charge is 0.194 e. The van der Waals surface area contributed by atoms with Gasteiger partial charge in [-0.05, 0) is 11.5 Å². The molecular weight excluding hydrogens is 546 g/mol. The Morgan fingerprint density at radius 2 is 0.714 bits per heavy atom. The molecule has 18 heteroatoms. The van der Waals surface area contributed by atoms with Crippen molar-refractivity contribution in [2.75, 3.05) is 0 Å². The molecule has 0 aliphatic heterocycles. The molecule has 0 N–H and O–H groups in total. The molecule has 0 fully saturated rings. The summed E-state index contributed by atoms with van der Waals surface area (Å²) in [6.45, 7) is 0.850. The molecule has 0 nitrogen and oxygen atoms in total. The fraction of sp³-hybridized carbons (Fsp3) is 0.647. The summed E-state index contributed by atoms with van der Waals surface area (Å²) in [5, 5.41) is 0. The summed E-state index contributed by atoms with van der Waals surface area (Å²) in [6.07, 6.45) is -14.7. The number of rotatable bonds is 7. The van der Waals surface area contributed by atoms with Gasteiger partial charge in [-0.25, -0.2) is 0 Å². The quantitative estimate of drug-likeness (QED) is 0.295. The molecule has 0 amide bonds. The van der Waals surface area contributed by atoms with E-state index in [2.05, 4.69) is 0 Å². The van der Waals surface area contributed by atoms with Gasteiger partial charge in [0.05, 0.1) is 0 Å². The third-order valence-corrected chi connectivity index (χ3v) is 4.65. The minimum atomic E-state index is -7.55. The molecule has 35 heavy (non-hydrogen) atoms. The molecular formula is C17H10F18. The lowest BCUT2D eigenvalue weighted by Crippen LogP contribution is -2.60. The first-order chi connectivity index (χ1) is 15.0. The molecule has 0 saturated heterocycles. The van der Waals surface area contributed by atoms with Gasteiger partial charge in [-0.15, -0.1) is 0 Å². The van der Waals surface area contributed by atoms with E-state index in [1.165, 1.54) is 0 Å². The van der Waals surface area contributed by atoms with E-state index in [9.17, 15) is 79.0 Å². The molecule has 0 saturated carbocycles. The van der Waals surface area contributed by atoms with Gasteiger partial charge in [-0.3, -0.25) is 0 Å². The molecule has 204 valence electrons. The highest BCUT2D eigenvalue weighted by atomic mass is 19.4. The standard InChI is InChI=1S/C17H10F18/c1-6(2)9-7(10(18,19)12(22,23)14(26,27)16(30,31)32)4-3-5-8(9)11(20,21)13(24,25)15(28,29)17(33,34)35/h3-6H,1-2H3. The minimum absolute atomic E-state index is 0.331. The van der Waals surface area contributed by atoms with Crippen LogP contribution in [0, 0.1) is 0 Å². The predicted octanol–water partition coefficient (Wildman–Crippen LogP) is 8.66. The van der Waals surface area contributed by atoms with Crippen LogP contribution in [-0.2, 0) is 11.8 Å². The minimum Gasteiger partial charge on any atom is -0.194 e. The molecule has 0 aliphatic rings. The van der Waals surface area contributed by atoms with Crippen molar-refractivity contribution in [3.63, 3.8) is 0 Å².